The molecule has 2 aromatic heterocycles. The fourth-order valence-corrected chi connectivity index (χ4v) is 3.64. The summed E-state index contributed by atoms with van der Waals surface area (Å²) in [5.41, 5.74) is 2.79. The molecule has 0 aliphatic heterocycles. The molecular formula is C21H19N3O2S. The SMILES string of the molecule is CCCOc1ccccc1/C=c1\sc2nc(-c3ccc(C)cc3)nn2c1=O. The fourth-order valence-electron chi connectivity index (χ4n) is 2.74. The zero-order valence-electron chi connectivity index (χ0n) is 15.2. The average Bonchev–Trinajstić information content (AvgIpc) is 3.21. The van der Waals surface area contributed by atoms with Gasteiger partial charge in [0, 0.05) is 11.1 Å². The van der Waals surface area contributed by atoms with Crippen LogP contribution in [-0.2, 0) is 0 Å². The number of para-hydroxylation sites is 1. The Balaban J connectivity index is 1.75. The molecule has 4 rings (SSSR count). The Labute approximate surface area is 160 Å². The van der Waals surface area contributed by atoms with E-state index in [0.717, 1.165) is 23.3 Å². The largest absolute Gasteiger partial charge is 0.493 e. The summed E-state index contributed by atoms with van der Waals surface area (Å²) in [7, 11) is 0. The standard InChI is InChI=1S/C21H19N3O2S/c1-3-12-26-17-7-5-4-6-16(17)13-18-20(25)24-21(27-18)22-19(23-24)15-10-8-14(2)9-11-15/h4-11,13H,3,12H2,1-2H3/b18-13-. The number of hydrogen-bond acceptors (Lipinski definition) is 5. The molecular weight excluding hydrogens is 358 g/mol. The molecule has 0 aliphatic carbocycles. The molecule has 0 spiro atoms. The number of fused-ring (bicyclic) bond motifs is 1. The zero-order valence-corrected chi connectivity index (χ0v) is 16.0. The zero-order chi connectivity index (χ0) is 18.8. The third kappa shape index (κ3) is 3.48. The van der Waals surface area contributed by atoms with Crippen molar-refractivity contribution in [3.05, 3.63) is 74.5 Å². The van der Waals surface area contributed by atoms with Crippen LogP contribution in [0.1, 0.15) is 24.5 Å². The second kappa shape index (κ2) is 7.32. The first kappa shape index (κ1) is 17.4. The molecule has 6 heteroatoms. The van der Waals surface area contributed by atoms with Crippen molar-refractivity contribution in [2.24, 2.45) is 0 Å². The molecule has 4 aromatic rings. The lowest BCUT2D eigenvalue weighted by atomic mass is 10.1. The van der Waals surface area contributed by atoms with Gasteiger partial charge in [0.25, 0.3) is 5.56 Å². The number of nitrogens with zero attached hydrogens (tertiary/aromatic N) is 3. The van der Waals surface area contributed by atoms with Crippen molar-refractivity contribution in [3.8, 4) is 17.1 Å². The molecule has 27 heavy (non-hydrogen) atoms. The van der Waals surface area contributed by atoms with Crippen LogP contribution in [0.5, 0.6) is 5.75 Å². The van der Waals surface area contributed by atoms with Gasteiger partial charge < -0.3 is 4.74 Å². The van der Waals surface area contributed by atoms with E-state index in [1.165, 1.54) is 21.4 Å². The Kier molecular flexibility index (Phi) is 4.73. The number of ether oxygens (including phenoxy) is 1. The van der Waals surface area contributed by atoms with Gasteiger partial charge in [-0.05, 0) is 25.5 Å². The van der Waals surface area contributed by atoms with E-state index in [0.29, 0.717) is 21.9 Å². The molecule has 0 atom stereocenters. The molecule has 0 saturated carbocycles. The number of aromatic nitrogens is 3. The number of aryl methyl sites for hydroxylation is 1. The van der Waals surface area contributed by atoms with Crippen LogP contribution in [0, 0.1) is 6.92 Å². The highest BCUT2D eigenvalue weighted by Gasteiger charge is 2.12. The van der Waals surface area contributed by atoms with Gasteiger partial charge in [0.1, 0.15) is 5.75 Å². The third-order valence-corrected chi connectivity index (χ3v) is 5.12. The van der Waals surface area contributed by atoms with Gasteiger partial charge in [-0.1, -0.05) is 66.3 Å². The molecule has 0 bridgehead atoms. The van der Waals surface area contributed by atoms with Crippen molar-refractivity contribution >= 4 is 22.4 Å². The second-order valence-electron chi connectivity index (χ2n) is 6.30. The molecule has 2 heterocycles. The first-order valence-electron chi connectivity index (χ1n) is 8.86. The first-order chi connectivity index (χ1) is 13.2. The lowest BCUT2D eigenvalue weighted by Crippen LogP contribution is -2.23. The van der Waals surface area contributed by atoms with E-state index in [-0.39, 0.29) is 5.56 Å². The summed E-state index contributed by atoms with van der Waals surface area (Å²) in [5.74, 6) is 1.34. The van der Waals surface area contributed by atoms with Crippen LogP contribution < -0.4 is 14.8 Å². The number of benzene rings is 2. The number of rotatable bonds is 5. The van der Waals surface area contributed by atoms with Gasteiger partial charge in [0.15, 0.2) is 5.82 Å². The van der Waals surface area contributed by atoms with Crippen LogP contribution in [0.15, 0.2) is 53.3 Å². The molecule has 0 N–H and O–H groups in total. The van der Waals surface area contributed by atoms with Crippen LogP contribution in [-0.4, -0.2) is 21.2 Å². The molecule has 2 aromatic carbocycles. The summed E-state index contributed by atoms with van der Waals surface area (Å²) in [6, 6.07) is 15.7. The molecule has 0 fully saturated rings. The highest BCUT2D eigenvalue weighted by atomic mass is 32.1. The van der Waals surface area contributed by atoms with Gasteiger partial charge in [0.05, 0.1) is 11.1 Å². The Bertz CT molecular complexity index is 1190. The maximum Gasteiger partial charge on any atom is 0.291 e. The van der Waals surface area contributed by atoms with Crippen LogP contribution in [0.25, 0.3) is 22.4 Å². The van der Waals surface area contributed by atoms with Crippen LogP contribution in [0.2, 0.25) is 0 Å². The van der Waals surface area contributed by atoms with Crippen LogP contribution in [0.4, 0.5) is 0 Å². The van der Waals surface area contributed by atoms with E-state index in [4.69, 9.17) is 4.74 Å². The van der Waals surface area contributed by atoms with E-state index in [9.17, 15) is 4.79 Å². The minimum absolute atomic E-state index is 0.161. The Hall–Kier alpha value is -2.99. The molecule has 136 valence electrons. The van der Waals surface area contributed by atoms with Gasteiger partial charge in [-0.2, -0.15) is 9.50 Å². The van der Waals surface area contributed by atoms with Crippen molar-refractivity contribution in [2.45, 2.75) is 20.3 Å². The van der Waals surface area contributed by atoms with Crippen LogP contribution in [0.3, 0.4) is 0 Å². The summed E-state index contributed by atoms with van der Waals surface area (Å²) in [4.78, 5) is 17.9. The van der Waals surface area contributed by atoms with E-state index >= 15 is 0 Å². The number of thiazole rings is 1. The van der Waals surface area contributed by atoms with Gasteiger partial charge in [-0.3, -0.25) is 4.79 Å². The van der Waals surface area contributed by atoms with Crippen molar-refractivity contribution in [1.29, 1.82) is 0 Å². The van der Waals surface area contributed by atoms with Crippen molar-refractivity contribution in [1.82, 2.24) is 14.6 Å². The summed E-state index contributed by atoms with van der Waals surface area (Å²) in [5, 5.41) is 4.40. The Morgan fingerprint density at radius 1 is 1.15 bits per heavy atom. The van der Waals surface area contributed by atoms with E-state index in [1.54, 1.807) is 0 Å². The molecule has 0 amide bonds. The van der Waals surface area contributed by atoms with E-state index in [1.807, 2.05) is 61.5 Å². The average molecular weight is 377 g/mol. The van der Waals surface area contributed by atoms with Crippen molar-refractivity contribution in [2.75, 3.05) is 6.61 Å². The maximum atomic E-state index is 12.8. The van der Waals surface area contributed by atoms with Crippen LogP contribution >= 0.6 is 11.3 Å². The second-order valence-corrected chi connectivity index (χ2v) is 7.31. The third-order valence-electron chi connectivity index (χ3n) is 4.16. The monoisotopic (exact) mass is 377 g/mol. The number of hydrogen-bond donors (Lipinski definition) is 0. The molecule has 0 aliphatic rings. The van der Waals surface area contributed by atoms with Crippen molar-refractivity contribution in [3.63, 3.8) is 0 Å². The summed E-state index contributed by atoms with van der Waals surface area (Å²) < 4.78 is 7.74. The fraction of sp³-hybridized carbons (Fsp3) is 0.190. The van der Waals surface area contributed by atoms with Gasteiger partial charge in [-0.25, -0.2) is 0 Å². The van der Waals surface area contributed by atoms with Gasteiger partial charge in [-0.15, -0.1) is 5.10 Å². The van der Waals surface area contributed by atoms with Gasteiger partial charge in [0.2, 0.25) is 4.96 Å². The molecule has 0 saturated heterocycles. The maximum absolute atomic E-state index is 12.8. The quantitative estimate of drug-likeness (QED) is 0.534. The normalized spacial score (nSPS) is 12.0. The Morgan fingerprint density at radius 2 is 1.93 bits per heavy atom. The summed E-state index contributed by atoms with van der Waals surface area (Å²) in [6.07, 6.45) is 2.78. The highest BCUT2D eigenvalue weighted by Crippen LogP contribution is 2.20. The topological polar surface area (TPSA) is 56.5 Å². The first-order valence-corrected chi connectivity index (χ1v) is 9.67. The lowest BCUT2D eigenvalue weighted by molar-refractivity contribution is 0.317. The minimum atomic E-state index is -0.161. The van der Waals surface area contributed by atoms with E-state index < -0.39 is 0 Å². The molecule has 5 nitrogen and oxygen atoms in total. The highest BCUT2D eigenvalue weighted by molar-refractivity contribution is 7.15. The summed E-state index contributed by atoms with van der Waals surface area (Å²) >= 11 is 1.34. The van der Waals surface area contributed by atoms with Crippen molar-refractivity contribution < 1.29 is 4.74 Å². The summed E-state index contributed by atoms with van der Waals surface area (Å²) in [6.45, 7) is 4.74. The smallest absolute Gasteiger partial charge is 0.291 e. The van der Waals surface area contributed by atoms with E-state index in [2.05, 4.69) is 17.0 Å². The minimum Gasteiger partial charge on any atom is -0.493 e. The predicted octanol–water partition coefficient (Wildman–Crippen LogP) is 3.46. The predicted molar refractivity (Wildman–Crippen MR) is 108 cm³/mol. The lowest BCUT2D eigenvalue weighted by Gasteiger charge is -2.07. The Morgan fingerprint density at radius 3 is 2.67 bits per heavy atom. The van der Waals surface area contributed by atoms with Gasteiger partial charge >= 0.3 is 0 Å². The molecule has 0 unspecified atom stereocenters. The molecule has 0 radical (unpaired) electrons.